The molecule has 19 heavy (non-hydrogen) atoms. The maximum Gasteiger partial charge on any atom is 0.408 e. The average Bonchev–Trinajstić information content (AvgIpc) is 2.62. The minimum atomic E-state index is -0.517. The normalized spacial score (nSPS) is 24.3. The van der Waals surface area contributed by atoms with Crippen LogP contribution in [0.1, 0.15) is 47.5 Å². The Morgan fingerprint density at radius 2 is 2.00 bits per heavy atom. The molecule has 0 aliphatic carbocycles. The SMILES string of the molecule is CC(C)(CO)CC1(NC(=O)OC(C)(C)C)CCOC1. The van der Waals surface area contributed by atoms with Crippen LogP contribution in [0.4, 0.5) is 4.79 Å². The predicted octanol–water partition coefficient (Wildman–Crippen LogP) is 2.08. The summed E-state index contributed by atoms with van der Waals surface area (Å²) in [6.07, 6.45) is 0.984. The number of aliphatic hydroxyl groups is 1. The van der Waals surface area contributed by atoms with E-state index in [0.29, 0.717) is 19.6 Å². The van der Waals surface area contributed by atoms with Crippen molar-refractivity contribution in [2.24, 2.45) is 5.41 Å². The molecule has 0 aromatic carbocycles. The van der Waals surface area contributed by atoms with Crippen molar-refractivity contribution in [1.29, 1.82) is 0 Å². The molecule has 0 aromatic heterocycles. The lowest BCUT2D eigenvalue weighted by atomic mass is 9.78. The molecule has 0 saturated carbocycles. The average molecular weight is 273 g/mol. The number of carbonyl (C=O) groups excluding carboxylic acids is 1. The van der Waals surface area contributed by atoms with E-state index in [2.05, 4.69) is 5.32 Å². The highest BCUT2D eigenvalue weighted by molar-refractivity contribution is 5.69. The number of hydrogen-bond donors (Lipinski definition) is 2. The first-order chi connectivity index (χ1) is 8.58. The molecule has 1 aliphatic rings. The molecule has 5 heteroatoms. The maximum absolute atomic E-state index is 11.9. The zero-order chi connectivity index (χ0) is 14.7. The van der Waals surface area contributed by atoms with E-state index in [1.165, 1.54) is 0 Å². The maximum atomic E-state index is 11.9. The van der Waals surface area contributed by atoms with E-state index in [1.807, 2.05) is 34.6 Å². The van der Waals surface area contributed by atoms with Gasteiger partial charge in [-0.2, -0.15) is 0 Å². The fraction of sp³-hybridized carbons (Fsp3) is 0.929. The lowest BCUT2D eigenvalue weighted by Crippen LogP contribution is -2.53. The molecule has 0 aromatic rings. The first-order valence-electron chi connectivity index (χ1n) is 6.77. The fourth-order valence-corrected chi connectivity index (χ4v) is 2.38. The molecule has 1 rings (SSSR count). The summed E-state index contributed by atoms with van der Waals surface area (Å²) in [5, 5.41) is 12.3. The van der Waals surface area contributed by atoms with E-state index in [4.69, 9.17) is 9.47 Å². The molecule has 0 spiro atoms. The minimum absolute atomic E-state index is 0.0742. The van der Waals surface area contributed by atoms with Gasteiger partial charge in [0.05, 0.1) is 12.1 Å². The van der Waals surface area contributed by atoms with Crippen LogP contribution in [-0.2, 0) is 9.47 Å². The molecule has 1 atom stereocenters. The summed E-state index contributed by atoms with van der Waals surface area (Å²) in [4.78, 5) is 11.9. The van der Waals surface area contributed by atoms with Gasteiger partial charge in [-0.3, -0.25) is 0 Å². The summed E-state index contributed by atoms with van der Waals surface area (Å²) >= 11 is 0. The van der Waals surface area contributed by atoms with Gasteiger partial charge in [-0.1, -0.05) is 13.8 Å². The highest BCUT2D eigenvalue weighted by Crippen LogP contribution is 2.33. The Labute approximate surface area is 115 Å². The molecule has 112 valence electrons. The van der Waals surface area contributed by atoms with Crippen LogP contribution in [0.25, 0.3) is 0 Å². The fourth-order valence-electron chi connectivity index (χ4n) is 2.38. The van der Waals surface area contributed by atoms with Crippen molar-refractivity contribution in [3.8, 4) is 0 Å². The smallest absolute Gasteiger partial charge is 0.408 e. The third-order valence-electron chi connectivity index (χ3n) is 3.11. The van der Waals surface area contributed by atoms with Crippen LogP contribution in [0, 0.1) is 5.41 Å². The third-order valence-corrected chi connectivity index (χ3v) is 3.11. The van der Waals surface area contributed by atoms with Crippen LogP contribution >= 0.6 is 0 Å². The number of carbonyl (C=O) groups is 1. The van der Waals surface area contributed by atoms with E-state index < -0.39 is 17.2 Å². The van der Waals surface area contributed by atoms with Crippen LogP contribution in [0.15, 0.2) is 0 Å². The summed E-state index contributed by atoms with van der Waals surface area (Å²) in [6.45, 7) is 10.6. The third kappa shape index (κ3) is 5.37. The van der Waals surface area contributed by atoms with E-state index in [1.54, 1.807) is 0 Å². The molecule has 1 heterocycles. The highest BCUT2D eigenvalue weighted by Gasteiger charge is 2.41. The first kappa shape index (κ1) is 16.2. The molecule has 1 amide bonds. The van der Waals surface area contributed by atoms with Crippen LogP contribution in [0.3, 0.4) is 0 Å². The van der Waals surface area contributed by atoms with Gasteiger partial charge in [-0.15, -0.1) is 0 Å². The van der Waals surface area contributed by atoms with Gasteiger partial charge in [0.25, 0.3) is 0 Å². The summed E-state index contributed by atoms with van der Waals surface area (Å²) in [5.41, 5.74) is -1.21. The molecule has 0 bridgehead atoms. The van der Waals surface area contributed by atoms with Crippen LogP contribution in [-0.4, -0.2) is 42.2 Å². The monoisotopic (exact) mass is 273 g/mol. The summed E-state index contributed by atoms with van der Waals surface area (Å²) in [5.74, 6) is 0. The Morgan fingerprint density at radius 1 is 1.37 bits per heavy atom. The largest absolute Gasteiger partial charge is 0.444 e. The lowest BCUT2D eigenvalue weighted by molar-refractivity contribution is 0.0360. The molecule has 1 aliphatic heterocycles. The van der Waals surface area contributed by atoms with Crippen LogP contribution in [0.2, 0.25) is 0 Å². The van der Waals surface area contributed by atoms with Gasteiger partial charge in [0.1, 0.15) is 5.60 Å². The van der Waals surface area contributed by atoms with Gasteiger partial charge in [-0.05, 0) is 39.0 Å². The summed E-state index contributed by atoms with van der Waals surface area (Å²) in [7, 11) is 0. The second-order valence-corrected chi connectivity index (χ2v) is 7.21. The molecule has 1 fully saturated rings. The number of hydrogen-bond acceptors (Lipinski definition) is 4. The standard InChI is InChI=1S/C14H27NO4/c1-12(2,3)19-11(17)15-14(6-7-18-10-14)8-13(4,5)9-16/h16H,6-10H2,1-5H3,(H,15,17). The van der Waals surface area contributed by atoms with E-state index >= 15 is 0 Å². The highest BCUT2D eigenvalue weighted by atomic mass is 16.6. The van der Waals surface area contributed by atoms with Crippen molar-refractivity contribution in [2.75, 3.05) is 19.8 Å². The Morgan fingerprint density at radius 3 is 2.42 bits per heavy atom. The number of alkyl carbamates (subject to hydrolysis) is 1. The molecule has 1 saturated heterocycles. The van der Waals surface area contributed by atoms with Crippen molar-refractivity contribution in [3.05, 3.63) is 0 Å². The molecule has 1 unspecified atom stereocenters. The summed E-state index contributed by atoms with van der Waals surface area (Å²) < 4.78 is 10.7. The van der Waals surface area contributed by atoms with E-state index in [9.17, 15) is 9.90 Å². The van der Waals surface area contributed by atoms with Crippen molar-refractivity contribution < 1.29 is 19.4 Å². The van der Waals surface area contributed by atoms with Crippen LogP contribution < -0.4 is 5.32 Å². The minimum Gasteiger partial charge on any atom is -0.444 e. The van der Waals surface area contributed by atoms with Crippen molar-refractivity contribution >= 4 is 6.09 Å². The number of rotatable bonds is 4. The van der Waals surface area contributed by atoms with Gasteiger partial charge in [0.15, 0.2) is 0 Å². The number of amides is 1. The van der Waals surface area contributed by atoms with Crippen molar-refractivity contribution in [1.82, 2.24) is 5.32 Å². The van der Waals surface area contributed by atoms with Gasteiger partial charge in [0, 0.05) is 13.2 Å². The van der Waals surface area contributed by atoms with E-state index in [-0.39, 0.29) is 12.0 Å². The zero-order valence-electron chi connectivity index (χ0n) is 12.7. The molecular formula is C14H27NO4. The topological polar surface area (TPSA) is 67.8 Å². The number of aliphatic hydroxyl groups excluding tert-OH is 1. The van der Waals surface area contributed by atoms with Gasteiger partial charge in [-0.25, -0.2) is 4.79 Å². The Bertz CT molecular complexity index is 314. The van der Waals surface area contributed by atoms with Crippen LogP contribution in [0.5, 0.6) is 0 Å². The molecular weight excluding hydrogens is 246 g/mol. The Hall–Kier alpha value is -0.810. The summed E-state index contributed by atoms with van der Waals surface area (Å²) in [6, 6.07) is 0. The van der Waals surface area contributed by atoms with E-state index in [0.717, 1.165) is 6.42 Å². The second-order valence-electron chi connectivity index (χ2n) is 7.21. The van der Waals surface area contributed by atoms with Crippen molar-refractivity contribution in [3.63, 3.8) is 0 Å². The number of ether oxygens (including phenoxy) is 2. The van der Waals surface area contributed by atoms with Gasteiger partial charge < -0.3 is 19.9 Å². The first-order valence-corrected chi connectivity index (χ1v) is 6.77. The number of nitrogens with one attached hydrogen (secondary N) is 1. The Balaban J connectivity index is 2.70. The van der Waals surface area contributed by atoms with Crippen molar-refractivity contribution in [2.45, 2.75) is 58.6 Å². The quantitative estimate of drug-likeness (QED) is 0.823. The van der Waals surface area contributed by atoms with Gasteiger partial charge in [0.2, 0.25) is 0 Å². The lowest BCUT2D eigenvalue weighted by Gasteiger charge is -2.36. The molecule has 0 radical (unpaired) electrons. The second kappa shape index (κ2) is 5.67. The predicted molar refractivity (Wildman–Crippen MR) is 73.0 cm³/mol. The molecule has 5 nitrogen and oxygen atoms in total. The zero-order valence-corrected chi connectivity index (χ0v) is 12.7. The van der Waals surface area contributed by atoms with Gasteiger partial charge >= 0.3 is 6.09 Å². The molecule has 2 N–H and O–H groups in total. The Kier molecular flexibility index (Phi) is 4.85.